The van der Waals surface area contributed by atoms with E-state index < -0.39 is 5.56 Å². The quantitative estimate of drug-likeness (QED) is 0.229. The fourth-order valence-electron chi connectivity index (χ4n) is 2.75. The number of aromatic amines is 1. The molecule has 0 unspecified atom stereocenters. The van der Waals surface area contributed by atoms with Crippen molar-refractivity contribution in [1.29, 1.82) is 0 Å². The Balaban J connectivity index is 2.45. The molecule has 0 radical (unpaired) electrons. The minimum absolute atomic E-state index is 0.00161. The molecule has 0 bridgehead atoms. The van der Waals surface area contributed by atoms with Gasteiger partial charge in [0.25, 0.3) is 5.56 Å². The van der Waals surface area contributed by atoms with Gasteiger partial charge in [0, 0.05) is 22.4 Å². The van der Waals surface area contributed by atoms with Crippen molar-refractivity contribution in [3.8, 4) is 22.3 Å². The largest absolute Gasteiger partial charge is 0.325 e. The molecule has 30 heavy (non-hydrogen) atoms. The number of aromatic nitrogens is 1. The lowest BCUT2D eigenvalue weighted by molar-refractivity contribution is 1.15. The number of hydrogen-bond acceptors (Lipinski definition) is 1. The van der Waals surface area contributed by atoms with Crippen molar-refractivity contribution in [2.24, 2.45) is 0 Å². The van der Waals surface area contributed by atoms with Crippen molar-refractivity contribution in [2.45, 2.75) is 6.92 Å². The number of halogens is 10. The molecule has 0 atom stereocenters. The minimum atomic E-state index is -0.520. The highest BCUT2D eigenvalue weighted by atomic mass is 35.5. The number of pyridine rings is 1. The van der Waals surface area contributed by atoms with Crippen LogP contribution in [0.2, 0.25) is 50.2 Å². The molecule has 0 saturated carbocycles. The molecule has 1 aromatic heterocycles. The average Bonchev–Trinajstić information content (AvgIpc) is 2.70. The molecule has 0 aliphatic heterocycles. The zero-order valence-corrected chi connectivity index (χ0v) is 21.8. The van der Waals surface area contributed by atoms with E-state index in [-0.39, 0.29) is 66.9 Å². The van der Waals surface area contributed by atoms with Crippen molar-refractivity contribution in [1.82, 2.24) is 4.98 Å². The van der Waals surface area contributed by atoms with Crippen LogP contribution in [0.1, 0.15) is 5.69 Å². The smallest absolute Gasteiger partial charge is 0.256 e. The summed E-state index contributed by atoms with van der Waals surface area (Å²) in [6.45, 7) is 1.63. The van der Waals surface area contributed by atoms with Crippen LogP contribution in [-0.2, 0) is 0 Å². The van der Waals surface area contributed by atoms with E-state index >= 15 is 0 Å². The van der Waals surface area contributed by atoms with Crippen LogP contribution in [0.25, 0.3) is 22.3 Å². The Bertz CT molecular complexity index is 1220. The summed E-state index contributed by atoms with van der Waals surface area (Å²) in [5.74, 6) is 0. The zero-order valence-electron chi connectivity index (χ0n) is 14.3. The van der Waals surface area contributed by atoms with Crippen molar-refractivity contribution < 1.29 is 0 Å². The number of aryl methyl sites for hydroxylation is 1. The first-order valence-electron chi connectivity index (χ1n) is 7.67. The van der Waals surface area contributed by atoms with Gasteiger partial charge in [0.2, 0.25) is 0 Å². The van der Waals surface area contributed by atoms with Crippen LogP contribution in [0.5, 0.6) is 0 Å². The van der Waals surface area contributed by atoms with Gasteiger partial charge >= 0.3 is 0 Å². The predicted molar refractivity (Wildman–Crippen MR) is 133 cm³/mol. The standard InChI is InChI=1S/C18H5Cl10NO/c1-3-4(6-8(19)12(23)16(27)13(24)9(6)20)2-5(18(30)29-3)7-10(21)14(25)17(28)15(26)11(7)22/h2H,1H3,(H,29,30). The average molecular weight is 606 g/mol. The Morgan fingerprint density at radius 1 is 0.533 bits per heavy atom. The van der Waals surface area contributed by atoms with E-state index in [9.17, 15) is 4.79 Å². The summed E-state index contributed by atoms with van der Waals surface area (Å²) < 4.78 is 0. The molecule has 0 spiro atoms. The summed E-state index contributed by atoms with van der Waals surface area (Å²) in [5, 5.41) is -0.169. The van der Waals surface area contributed by atoms with Gasteiger partial charge in [-0.05, 0) is 13.0 Å². The summed E-state index contributed by atoms with van der Waals surface area (Å²) >= 11 is 62.2. The van der Waals surface area contributed by atoms with E-state index in [1.165, 1.54) is 6.07 Å². The van der Waals surface area contributed by atoms with Gasteiger partial charge in [0.15, 0.2) is 0 Å². The lowest BCUT2D eigenvalue weighted by atomic mass is 9.98. The summed E-state index contributed by atoms with van der Waals surface area (Å²) in [6.07, 6.45) is 0. The van der Waals surface area contributed by atoms with E-state index in [2.05, 4.69) is 4.98 Å². The maximum absolute atomic E-state index is 12.8. The number of H-pyrrole nitrogens is 1. The second-order valence-electron chi connectivity index (χ2n) is 5.94. The highest BCUT2D eigenvalue weighted by Gasteiger charge is 2.26. The zero-order chi connectivity index (χ0) is 22.7. The Labute approximate surface area is 220 Å². The van der Waals surface area contributed by atoms with Gasteiger partial charge in [0.1, 0.15) is 0 Å². The van der Waals surface area contributed by atoms with Crippen molar-refractivity contribution in [2.75, 3.05) is 0 Å². The minimum Gasteiger partial charge on any atom is -0.325 e. The van der Waals surface area contributed by atoms with Gasteiger partial charge in [-0.25, -0.2) is 0 Å². The second kappa shape index (κ2) is 9.27. The molecule has 3 rings (SSSR count). The maximum atomic E-state index is 12.8. The highest BCUT2D eigenvalue weighted by molar-refractivity contribution is 6.57. The molecule has 12 heteroatoms. The van der Waals surface area contributed by atoms with Crippen molar-refractivity contribution in [3.63, 3.8) is 0 Å². The maximum Gasteiger partial charge on any atom is 0.256 e. The Morgan fingerprint density at radius 3 is 1.20 bits per heavy atom. The second-order valence-corrected chi connectivity index (χ2v) is 9.72. The summed E-state index contributed by atoms with van der Waals surface area (Å²) in [5.41, 5.74) is 0.674. The van der Waals surface area contributed by atoms with Crippen LogP contribution < -0.4 is 5.56 Å². The fourth-order valence-corrected chi connectivity index (χ4v) is 5.44. The molecule has 158 valence electrons. The van der Waals surface area contributed by atoms with E-state index in [1.54, 1.807) is 6.92 Å². The van der Waals surface area contributed by atoms with Crippen LogP contribution in [0.3, 0.4) is 0 Å². The number of hydrogen-bond donors (Lipinski definition) is 1. The molecule has 0 saturated heterocycles. The molecular formula is C18H5Cl10NO. The number of nitrogens with one attached hydrogen (secondary N) is 1. The monoisotopic (exact) mass is 601 g/mol. The number of benzene rings is 2. The van der Waals surface area contributed by atoms with E-state index in [0.717, 1.165) is 0 Å². The van der Waals surface area contributed by atoms with Crippen LogP contribution in [0, 0.1) is 6.92 Å². The van der Waals surface area contributed by atoms with Gasteiger partial charge in [-0.15, -0.1) is 0 Å². The van der Waals surface area contributed by atoms with E-state index in [1.807, 2.05) is 0 Å². The Kier molecular flexibility index (Phi) is 7.70. The predicted octanol–water partition coefficient (Wildman–Crippen LogP) is 10.6. The van der Waals surface area contributed by atoms with Crippen LogP contribution in [-0.4, -0.2) is 4.98 Å². The highest BCUT2D eigenvalue weighted by Crippen LogP contribution is 2.51. The van der Waals surface area contributed by atoms with E-state index in [0.29, 0.717) is 11.3 Å². The molecule has 2 nitrogen and oxygen atoms in total. The summed E-state index contributed by atoms with van der Waals surface area (Å²) in [6, 6.07) is 1.47. The number of rotatable bonds is 2. The first-order valence-corrected chi connectivity index (χ1v) is 11.5. The third-order valence-electron chi connectivity index (χ3n) is 4.20. The normalized spacial score (nSPS) is 11.3. The summed E-state index contributed by atoms with van der Waals surface area (Å²) in [7, 11) is 0. The van der Waals surface area contributed by atoms with Crippen LogP contribution in [0.4, 0.5) is 0 Å². The SMILES string of the molecule is Cc1[nH]c(=O)c(-c2c(Cl)c(Cl)c(Cl)c(Cl)c2Cl)cc1-c1c(Cl)c(Cl)c(Cl)c(Cl)c1Cl. The molecule has 0 aliphatic rings. The molecule has 0 aliphatic carbocycles. The van der Waals surface area contributed by atoms with Gasteiger partial charge in [0.05, 0.1) is 55.8 Å². The third-order valence-corrected chi connectivity index (χ3v) is 8.75. The fraction of sp³-hybridized carbons (Fsp3) is 0.0556. The Morgan fingerprint density at radius 2 is 0.833 bits per heavy atom. The first-order chi connectivity index (χ1) is 13.9. The summed E-state index contributed by atoms with van der Waals surface area (Å²) in [4.78, 5) is 15.5. The van der Waals surface area contributed by atoms with Crippen molar-refractivity contribution >= 4 is 116 Å². The molecule has 1 N–H and O–H groups in total. The first kappa shape index (κ1) is 24.9. The lowest BCUT2D eigenvalue weighted by Gasteiger charge is -2.17. The lowest BCUT2D eigenvalue weighted by Crippen LogP contribution is -2.12. The van der Waals surface area contributed by atoms with Gasteiger partial charge in [-0.3, -0.25) is 4.79 Å². The molecule has 1 heterocycles. The Hall–Kier alpha value is 0.290. The molecular weight excluding hydrogens is 601 g/mol. The molecule has 3 aromatic rings. The van der Waals surface area contributed by atoms with Gasteiger partial charge < -0.3 is 4.98 Å². The third kappa shape index (κ3) is 4.03. The van der Waals surface area contributed by atoms with Crippen LogP contribution in [0.15, 0.2) is 10.9 Å². The van der Waals surface area contributed by atoms with E-state index in [4.69, 9.17) is 116 Å². The van der Waals surface area contributed by atoms with Crippen LogP contribution >= 0.6 is 116 Å². The van der Waals surface area contributed by atoms with Crippen molar-refractivity contribution in [3.05, 3.63) is 72.3 Å². The molecule has 0 amide bonds. The molecule has 2 aromatic carbocycles. The topological polar surface area (TPSA) is 32.9 Å². The molecule has 0 fully saturated rings. The van der Waals surface area contributed by atoms with Gasteiger partial charge in [-0.1, -0.05) is 116 Å². The van der Waals surface area contributed by atoms with Gasteiger partial charge in [-0.2, -0.15) is 0 Å².